The Labute approximate surface area is 90.8 Å². The predicted octanol–water partition coefficient (Wildman–Crippen LogP) is -0.0750. The smallest absolute Gasteiger partial charge is 0.322 e. The van der Waals surface area contributed by atoms with Crippen LogP contribution in [0.4, 0.5) is 0 Å². The number of carbonyl (C=O) groups is 1. The van der Waals surface area contributed by atoms with E-state index in [1.165, 1.54) is 0 Å². The number of carbonyl (C=O) groups excluding carboxylic acids is 1. The number of hydrogen-bond donors (Lipinski definition) is 2. The summed E-state index contributed by atoms with van der Waals surface area (Å²) in [5.74, 6) is -0.305. The van der Waals surface area contributed by atoms with Gasteiger partial charge in [-0.15, -0.1) is 0 Å². The fourth-order valence-corrected chi connectivity index (χ4v) is 0.976. The molecule has 0 aliphatic heterocycles. The van der Waals surface area contributed by atoms with E-state index in [1.54, 1.807) is 13.8 Å². The lowest BCUT2D eigenvalue weighted by Gasteiger charge is -2.15. The van der Waals surface area contributed by atoms with Gasteiger partial charge in [0, 0.05) is 13.2 Å². The molecule has 0 rings (SSSR count). The molecule has 0 saturated carbocycles. The van der Waals surface area contributed by atoms with Gasteiger partial charge in [-0.2, -0.15) is 0 Å². The summed E-state index contributed by atoms with van der Waals surface area (Å²) < 4.78 is 9.83. The number of aliphatic hydroxyl groups is 1. The van der Waals surface area contributed by atoms with Crippen molar-refractivity contribution in [3.63, 3.8) is 0 Å². The van der Waals surface area contributed by atoms with E-state index in [0.717, 1.165) is 0 Å². The normalized spacial score (nSPS) is 14.7. The van der Waals surface area contributed by atoms with E-state index >= 15 is 0 Å². The second-order valence-corrected chi connectivity index (χ2v) is 3.20. The molecule has 0 amide bonds. The minimum Gasteiger partial charge on any atom is -0.465 e. The van der Waals surface area contributed by atoms with Crippen LogP contribution >= 0.6 is 0 Å². The fourth-order valence-electron chi connectivity index (χ4n) is 0.976. The van der Waals surface area contributed by atoms with Crippen molar-refractivity contribution >= 4 is 5.97 Å². The van der Waals surface area contributed by atoms with Gasteiger partial charge in [-0.1, -0.05) is 0 Å². The number of ether oxygens (including phenoxy) is 2. The van der Waals surface area contributed by atoms with Crippen molar-refractivity contribution in [2.24, 2.45) is 0 Å². The largest absolute Gasteiger partial charge is 0.465 e. The third-order valence-corrected chi connectivity index (χ3v) is 1.81. The molecule has 0 aromatic rings. The van der Waals surface area contributed by atoms with Gasteiger partial charge in [-0.3, -0.25) is 4.79 Å². The first-order valence-corrected chi connectivity index (χ1v) is 5.27. The third-order valence-electron chi connectivity index (χ3n) is 1.81. The van der Waals surface area contributed by atoms with Gasteiger partial charge in [0.2, 0.25) is 0 Å². The van der Waals surface area contributed by atoms with E-state index in [0.29, 0.717) is 19.8 Å². The standard InChI is InChI=1S/C10H21NO4/c1-4-14-7-9(12)6-11-8(3)10(13)15-5-2/h8-9,11-12H,4-7H2,1-3H3. The van der Waals surface area contributed by atoms with Crippen molar-refractivity contribution in [2.45, 2.75) is 32.9 Å². The van der Waals surface area contributed by atoms with Gasteiger partial charge in [0.1, 0.15) is 6.04 Å². The fraction of sp³-hybridized carbons (Fsp3) is 0.900. The first-order chi connectivity index (χ1) is 7.11. The molecule has 0 fully saturated rings. The quantitative estimate of drug-likeness (QED) is 0.559. The Morgan fingerprint density at radius 3 is 2.60 bits per heavy atom. The molecule has 2 atom stereocenters. The molecule has 15 heavy (non-hydrogen) atoms. The van der Waals surface area contributed by atoms with Crippen LogP contribution in [0.3, 0.4) is 0 Å². The summed E-state index contributed by atoms with van der Waals surface area (Å²) in [4.78, 5) is 11.2. The second-order valence-electron chi connectivity index (χ2n) is 3.20. The minimum atomic E-state index is -0.596. The zero-order valence-electron chi connectivity index (χ0n) is 9.66. The molecule has 90 valence electrons. The maximum absolute atomic E-state index is 11.2. The van der Waals surface area contributed by atoms with E-state index in [9.17, 15) is 9.90 Å². The molecule has 0 saturated heterocycles. The molecule has 0 aliphatic rings. The summed E-state index contributed by atoms with van der Waals surface area (Å²) >= 11 is 0. The number of aliphatic hydroxyl groups excluding tert-OH is 1. The lowest BCUT2D eigenvalue weighted by Crippen LogP contribution is -2.41. The summed E-state index contributed by atoms with van der Waals surface area (Å²) in [5.41, 5.74) is 0. The van der Waals surface area contributed by atoms with Crippen LogP contribution in [0.1, 0.15) is 20.8 Å². The Morgan fingerprint density at radius 2 is 2.07 bits per heavy atom. The van der Waals surface area contributed by atoms with Crippen molar-refractivity contribution in [1.82, 2.24) is 5.32 Å². The van der Waals surface area contributed by atoms with Crippen LogP contribution in [0.2, 0.25) is 0 Å². The van der Waals surface area contributed by atoms with Crippen molar-refractivity contribution in [2.75, 3.05) is 26.4 Å². The second kappa shape index (κ2) is 8.64. The first kappa shape index (κ1) is 14.3. The van der Waals surface area contributed by atoms with Gasteiger partial charge in [0.25, 0.3) is 0 Å². The van der Waals surface area contributed by atoms with E-state index in [-0.39, 0.29) is 12.6 Å². The molecule has 2 N–H and O–H groups in total. The van der Waals surface area contributed by atoms with Crippen LogP contribution in [0, 0.1) is 0 Å². The number of rotatable bonds is 8. The highest BCUT2D eigenvalue weighted by atomic mass is 16.5. The van der Waals surface area contributed by atoms with Gasteiger partial charge < -0.3 is 19.9 Å². The third kappa shape index (κ3) is 7.30. The Balaban J connectivity index is 3.60. The molecule has 2 unspecified atom stereocenters. The Kier molecular flexibility index (Phi) is 8.27. The zero-order chi connectivity index (χ0) is 11.7. The summed E-state index contributed by atoms with van der Waals surface area (Å²) in [6.45, 7) is 6.86. The SMILES string of the molecule is CCOCC(O)CNC(C)C(=O)OCC. The number of nitrogens with one attached hydrogen (secondary N) is 1. The highest BCUT2D eigenvalue weighted by Crippen LogP contribution is 1.90. The molecule has 0 spiro atoms. The Bertz CT molecular complexity index is 175. The number of esters is 1. The van der Waals surface area contributed by atoms with Crippen LogP contribution in [0.5, 0.6) is 0 Å². The Morgan fingerprint density at radius 1 is 1.40 bits per heavy atom. The van der Waals surface area contributed by atoms with E-state index in [2.05, 4.69) is 5.32 Å². The predicted molar refractivity (Wildman–Crippen MR) is 56.6 cm³/mol. The molecule has 0 aromatic carbocycles. The van der Waals surface area contributed by atoms with Gasteiger partial charge in [-0.05, 0) is 20.8 Å². The van der Waals surface area contributed by atoms with Gasteiger partial charge in [-0.25, -0.2) is 0 Å². The van der Waals surface area contributed by atoms with Crippen LogP contribution in [0.25, 0.3) is 0 Å². The minimum absolute atomic E-state index is 0.277. The molecule has 0 aliphatic carbocycles. The summed E-state index contributed by atoms with van der Waals surface area (Å²) in [5, 5.41) is 12.3. The maximum Gasteiger partial charge on any atom is 0.322 e. The molecule has 0 aromatic heterocycles. The van der Waals surface area contributed by atoms with Gasteiger partial charge in [0.15, 0.2) is 0 Å². The molecule has 5 heteroatoms. The molecule has 0 radical (unpaired) electrons. The summed E-state index contributed by atoms with van der Waals surface area (Å²) in [7, 11) is 0. The topological polar surface area (TPSA) is 67.8 Å². The van der Waals surface area contributed by atoms with E-state index < -0.39 is 12.1 Å². The summed E-state index contributed by atoms with van der Waals surface area (Å²) in [6, 6.07) is -0.402. The van der Waals surface area contributed by atoms with Gasteiger partial charge >= 0.3 is 5.97 Å². The van der Waals surface area contributed by atoms with Crippen molar-refractivity contribution in [1.29, 1.82) is 0 Å². The molecule has 0 bridgehead atoms. The first-order valence-electron chi connectivity index (χ1n) is 5.27. The molecule has 0 heterocycles. The van der Waals surface area contributed by atoms with E-state index in [4.69, 9.17) is 9.47 Å². The van der Waals surface area contributed by atoms with Gasteiger partial charge in [0.05, 0.1) is 19.3 Å². The monoisotopic (exact) mass is 219 g/mol. The highest BCUT2D eigenvalue weighted by molar-refractivity contribution is 5.75. The maximum atomic E-state index is 11.2. The number of hydrogen-bond acceptors (Lipinski definition) is 5. The lowest BCUT2D eigenvalue weighted by molar-refractivity contribution is -0.145. The average Bonchev–Trinajstić information content (AvgIpc) is 2.23. The van der Waals surface area contributed by atoms with Crippen molar-refractivity contribution in [3.8, 4) is 0 Å². The molecule has 5 nitrogen and oxygen atoms in total. The van der Waals surface area contributed by atoms with Crippen molar-refractivity contribution in [3.05, 3.63) is 0 Å². The Hall–Kier alpha value is -0.650. The van der Waals surface area contributed by atoms with Crippen molar-refractivity contribution < 1.29 is 19.4 Å². The average molecular weight is 219 g/mol. The van der Waals surface area contributed by atoms with E-state index in [1.807, 2.05) is 6.92 Å². The lowest BCUT2D eigenvalue weighted by atomic mass is 10.3. The highest BCUT2D eigenvalue weighted by Gasteiger charge is 2.14. The summed E-state index contributed by atoms with van der Waals surface area (Å²) in [6.07, 6.45) is -0.596. The van der Waals surface area contributed by atoms with Crippen LogP contribution in [-0.2, 0) is 14.3 Å². The zero-order valence-corrected chi connectivity index (χ0v) is 9.66. The molecular weight excluding hydrogens is 198 g/mol. The van der Waals surface area contributed by atoms with Crippen LogP contribution in [0.15, 0.2) is 0 Å². The molecular formula is C10H21NO4. The van der Waals surface area contributed by atoms with Crippen LogP contribution < -0.4 is 5.32 Å². The van der Waals surface area contributed by atoms with Crippen LogP contribution in [-0.4, -0.2) is 49.6 Å².